The molecule has 0 saturated heterocycles. The molecule has 6 nitrogen and oxygen atoms in total. The summed E-state index contributed by atoms with van der Waals surface area (Å²) in [5.74, 6) is 1.15. The number of methoxy groups -OCH3 is 1. The summed E-state index contributed by atoms with van der Waals surface area (Å²) in [6.45, 7) is 9.28. The van der Waals surface area contributed by atoms with E-state index in [1.165, 1.54) is 6.92 Å². The summed E-state index contributed by atoms with van der Waals surface area (Å²) in [5, 5.41) is 9.75. The zero-order valence-electron chi connectivity index (χ0n) is 19.3. The highest BCUT2D eigenvalue weighted by atomic mass is 35.5. The highest BCUT2D eigenvalue weighted by molar-refractivity contribution is 7.81. The van der Waals surface area contributed by atoms with Crippen LogP contribution < -0.4 is 14.2 Å². The second kappa shape index (κ2) is 12.3. The number of nitrogens with zero attached hydrogens (tertiary/aromatic N) is 1. The summed E-state index contributed by atoms with van der Waals surface area (Å²) < 4.78 is 14.6. The first-order chi connectivity index (χ1) is 15.2. The van der Waals surface area contributed by atoms with Crippen molar-refractivity contribution in [3.63, 3.8) is 0 Å². The van der Waals surface area contributed by atoms with E-state index in [1.54, 1.807) is 19.2 Å². The minimum Gasteiger partial charge on any atom is -0.497 e. The zero-order chi connectivity index (χ0) is 23.8. The Balaban J connectivity index is 2.45. The maximum Gasteiger partial charge on any atom is 0.160 e. The van der Waals surface area contributed by atoms with Gasteiger partial charge in [0.15, 0.2) is 5.78 Å². The quantitative estimate of drug-likeness (QED) is 0.281. The van der Waals surface area contributed by atoms with Crippen molar-refractivity contribution in [3.05, 3.63) is 40.9 Å². The largest absolute Gasteiger partial charge is 0.497 e. The third-order valence-corrected chi connectivity index (χ3v) is 5.91. The molecule has 2 aromatic rings. The number of carbonyl (C=O) groups is 1. The number of thiol groups is 1. The first-order valence-corrected chi connectivity index (χ1v) is 11.5. The molecule has 0 bridgehead atoms. The molecule has 0 heterocycles. The Morgan fingerprint density at radius 3 is 2.50 bits per heavy atom. The molecule has 8 heteroatoms. The molecule has 0 amide bonds. The summed E-state index contributed by atoms with van der Waals surface area (Å²) in [7, 11) is 1.59. The van der Waals surface area contributed by atoms with Crippen molar-refractivity contribution in [1.82, 2.24) is 4.90 Å². The number of carbonyl (C=O) groups excluding carboxylic acids is 1. The number of Topliss-reactive ketones (excluding diaryl/α,β-unsaturated/α-hetero) is 1. The molecule has 2 aromatic carbocycles. The number of hydrogen-bond acceptors (Lipinski definition) is 7. The molecule has 0 aromatic heterocycles. The lowest BCUT2D eigenvalue weighted by molar-refractivity contribution is 0.101. The predicted octanol–water partition coefficient (Wildman–Crippen LogP) is 5.34. The van der Waals surface area contributed by atoms with Crippen LogP contribution in [0.3, 0.4) is 0 Å². The van der Waals surface area contributed by atoms with Gasteiger partial charge in [-0.05, 0) is 64.4 Å². The highest BCUT2D eigenvalue weighted by Gasteiger charge is 2.22. The molecule has 176 valence electrons. The summed E-state index contributed by atoms with van der Waals surface area (Å²) in [4.78, 5) is 14.6. The van der Waals surface area contributed by atoms with E-state index in [2.05, 4.69) is 36.3 Å². The van der Waals surface area contributed by atoms with Crippen LogP contribution in [0.1, 0.15) is 44.5 Å². The number of ether oxygens (including phenoxy) is 2. The molecule has 1 atom stereocenters. The lowest BCUT2D eigenvalue weighted by Crippen LogP contribution is -2.36. The average molecular weight is 481 g/mol. The van der Waals surface area contributed by atoms with Crippen LogP contribution in [0.5, 0.6) is 11.5 Å². The zero-order valence-corrected chi connectivity index (χ0v) is 21.0. The van der Waals surface area contributed by atoms with E-state index in [9.17, 15) is 9.90 Å². The van der Waals surface area contributed by atoms with Crippen LogP contribution in [0.2, 0.25) is 5.02 Å². The highest BCUT2D eigenvalue weighted by Crippen LogP contribution is 2.43. The van der Waals surface area contributed by atoms with Gasteiger partial charge >= 0.3 is 0 Å². The van der Waals surface area contributed by atoms with Gasteiger partial charge < -0.3 is 19.3 Å². The van der Waals surface area contributed by atoms with Crippen molar-refractivity contribution in [2.45, 2.75) is 46.3 Å². The normalized spacial score (nSPS) is 12.2. The number of hydrogen-bond donors (Lipinski definition) is 3. The Labute approximate surface area is 201 Å². The number of ketones is 1. The molecule has 1 unspecified atom stereocenters. The van der Waals surface area contributed by atoms with E-state index >= 15 is 0 Å². The summed E-state index contributed by atoms with van der Waals surface area (Å²) >= 11 is 10.6. The number of benzene rings is 2. The van der Waals surface area contributed by atoms with Gasteiger partial charge in [0.05, 0.1) is 30.5 Å². The maximum atomic E-state index is 12.4. The van der Waals surface area contributed by atoms with E-state index in [-0.39, 0.29) is 18.5 Å². The number of halogens is 1. The minimum atomic E-state index is -0.102. The first kappa shape index (κ1) is 26.3. The lowest BCUT2D eigenvalue weighted by Gasteiger charge is -2.27. The number of aliphatic hydroxyl groups is 1. The summed E-state index contributed by atoms with van der Waals surface area (Å²) in [6.07, 6.45) is 0.672. The second-order valence-corrected chi connectivity index (χ2v) is 8.58. The van der Waals surface area contributed by atoms with Gasteiger partial charge in [0.25, 0.3) is 0 Å². The monoisotopic (exact) mass is 480 g/mol. The Kier molecular flexibility index (Phi) is 10.2. The van der Waals surface area contributed by atoms with Crippen LogP contribution in [0.15, 0.2) is 30.3 Å². The van der Waals surface area contributed by atoms with Gasteiger partial charge in [-0.2, -0.15) is 0 Å². The summed E-state index contributed by atoms with van der Waals surface area (Å²) in [5.41, 5.74) is 2.34. The second-order valence-electron chi connectivity index (χ2n) is 7.95. The lowest BCUT2D eigenvalue weighted by atomic mass is 9.94. The van der Waals surface area contributed by atoms with Crippen molar-refractivity contribution in [1.29, 1.82) is 0 Å². The summed E-state index contributed by atoms with van der Waals surface area (Å²) in [6, 6.07) is 9.21. The fourth-order valence-electron chi connectivity index (χ4n) is 3.57. The number of aliphatic hydroxyl groups excluding tert-OH is 1. The van der Waals surface area contributed by atoms with Crippen molar-refractivity contribution in [2.24, 2.45) is 0 Å². The molecule has 0 aliphatic carbocycles. The van der Waals surface area contributed by atoms with E-state index in [4.69, 9.17) is 21.1 Å². The molecule has 32 heavy (non-hydrogen) atoms. The fourth-order valence-corrected chi connectivity index (χ4v) is 4.08. The topological polar surface area (TPSA) is 71.0 Å². The SMILES string of the molecule is COc1ccc(OC(C)CCN(CCO)C(C)C)c(-c2c(C(C)=O)ccc(Cl)c2NS)c1. The van der Waals surface area contributed by atoms with Crippen LogP contribution in [-0.4, -0.2) is 54.7 Å². The van der Waals surface area contributed by atoms with Crippen LogP contribution in [0.25, 0.3) is 11.1 Å². The molecule has 0 aliphatic rings. The molecule has 0 fully saturated rings. The first-order valence-electron chi connectivity index (χ1n) is 10.7. The maximum absolute atomic E-state index is 12.4. The van der Waals surface area contributed by atoms with Gasteiger partial charge in [-0.3, -0.25) is 9.69 Å². The Morgan fingerprint density at radius 2 is 1.94 bits per heavy atom. The van der Waals surface area contributed by atoms with Gasteiger partial charge in [0.1, 0.15) is 11.5 Å². The van der Waals surface area contributed by atoms with Gasteiger partial charge in [-0.25, -0.2) is 0 Å². The van der Waals surface area contributed by atoms with Gasteiger partial charge in [0, 0.05) is 35.8 Å². The van der Waals surface area contributed by atoms with E-state index in [0.29, 0.717) is 51.5 Å². The molecular weight excluding hydrogens is 448 g/mol. The van der Waals surface area contributed by atoms with Crippen molar-refractivity contribution in [2.75, 3.05) is 31.5 Å². The fraction of sp³-hybridized carbons (Fsp3) is 0.458. The predicted molar refractivity (Wildman–Crippen MR) is 135 cm³/mol. The third kappa shape index (κ3) is 6.54. The van der Waals surface area contributed by atoms with Gasteiger partial charge in [0.2, 0.25) is 0 Å². The van der Waals surface area contributed by atoms with Crippen molar-refractivity contribution in [3.8, 4) is 22.6 Å². The Morgan fingerprint density at radius 1 is 1.22 bits per heavy atom. The van der Waals surface area contributed by atoms with Crippen LogP contribution >= 0.6 is 24.4 Å². The van der Waals surface area contributed by atoms with E-state index < -0.39 is 0 Å². The van der Waals surface area contributed by atoms with Gasteiger partial charge in [-0.15, -0.1) is 0 Å². The molecule has 2 rings (SSSR count). The number of nitrogens with one attached hydrogen (secondary N) is 1. The van der Waals surface area contributed by atoms with Gasteiger partial charge in [-0.1, -0.05) is 24.4 Å². The van der Waals surface area contributed by atoms with Crippen LogP contribution in [-0.2, 0) is 0 Å². The van der Waals surface area contributed by atoms with Crippen molar-refractivity contribution >= 4 is 35.9 Å². The number of rotatable bonds is 12. The smallest absolute Gasteiger partial charge is 0.160 e. The Bertz CT molecular complexity index is 923. The average Bonchev–Trinajstić information content (AvgIpc) is 2.76. The molecule has 2 N–H and O–H groups in total. The minimum absolute atomic E-state index is 0.0973. The molecular formula is C24H33ClN2O4S. The number of anilines is 1. The van der Waals surface area contributed by atoms with Crippen molar-refractivity contribution < 1.29 is 19.4 Å². The van der Waals surface area contributed by atoms with E-state index in [0.717, 1.165) is 13.0 Å². The third-order valence-electron chi connectivity index (χ3n) is 5.37. The van der Waals surface area contributed by atoms with Crippen LogP contribution in [0, 0.1) is 0 Å². The Hall–Kier alpha value is -1.93. The standard InChI is InChI=1S/C24H33ClN2O4S/c1-15(2)27(12-13-28)11-10-16(3)31-22-9-6-18(30-5)14-20(22)23-19(17(4)29)7-8-21(25)24(23)26-32/h6-9,14-16,26,28,32H,10-13H2,1-5H3. The molecule has 0 aliphatic heterocycles. The molecule has 0 saturated carbocycles. The van der Waals surface area contributed by atoms with Crippen LogP contribution in [0.4, 0.5) is 5.69 Å². The molecule has 0 radical (unpaired) electrons. The molecule has 0 spiro atoms. The van der Waals surface area contributed by atoms with E-state index in [1.807, 2.05) is 25.1 Å².